The van der Waals surface area contributed by atoms with E-state index in [-0.39, 0.29) is 0 Å². The molecule has 86 valence electrons. The van der Waals surface area contributed by atoms with Crippen molar-refractivity contribution < 1.29 is 4.74 Å². The maximum absolute atomic E-state index is 6.08. The number of benzene rings is 1. The van der Waals surface area contributed by atoms with Crippen LogP contribution in [0.15, 0.2) is 18.2 Å². The molecule has 0 atom stereocenters. The van der Waals surface area contributed by atoms with Crippen molar-refractivity contribution in [3.8, 4) is 18.1 Å². The van der Waals surface area contributed by atoms with Gasteiger partial charge >= 0.3 is 0 Å². The van der Waals surface area contributed by atoms with Crippen molar-refractivity contribution in [1.29, 1.82) is 0 Å². The largest absolute Gasteiger partial charge is 0.492 e. The Kier molecular flexibility index (Phi) is 5.77. The summed E-state index contributed by atoms with van der Waals surface area (Å²) < 4.78 is 5.52. The fraction of sp³-hybridized carbons (Fsp3) is 0.385. The highest BCUT2D eigenvalue weighted by atomic mass is 35.5. The lowest BCUT2D eigenvalue weighted by Crippen LogP contribution is -2.05. The minimum atomic E-state index is 0.606. The molecule has 0 spiro atoms. The molecule has 1 aromatic carbocycles. The molecule has 0 bridgehead atoms. The number of hydrogen-bond acceptors (Lipinski definition) is 2. The third-order valence-electron chi connectivity index (χ3n) is 2.10. The average molecular weight is 238 g/mol. The topological polar surface area (TPSA) is 21.3 Å². The highest BCUT2D eigenvalue weighted by Crippen LogP contribution is 2.25. The summed E-state index contributed by atoms with van der Waals surface area (Å²) >= 11 is 6.08. The molecule has 1 N–H and O–H groups in total. The van der Waals surface area contributed by atoms with Gasteiger partial charge in [-0.2, -0.15) is 0 Å². The number of hydrogen-bond donors (Lipinski definition) is 1. The quantitative estimate of drug-likeness (QED) is 0.607. The zero-order valence-electron chi connectivity index (χ0n) is 9.42. The molecule has 0 unspecified atom stereocenters. The Labute approximate surface area is 102 Å². The highest BCUT2D eigenvalue weighted by molar-refractivity contribution is 6.32. The molecule has 0 heterocycles. The Morgan fingerprint density at radius 1 is 1.50 bits per heavy atom. The van der Waals surface area contributed by atoms with Crippen LogP contribution in [0, 0.1) is 12.3 Å². The monoisotopic (exact) mass is 237 g/mol. The second-order valence-electron chi connectivity index (χ2n) is 3.45. The molecule has 0 radical (unpaired) electrons. The first-order valence-corrected chi connectivity index (χ1v) is 5.65. The highest BCUT2D eigenvalue weighted by Gasteiger charge is 2.02. The SMILES string of the molecule is C#CCCCOc1ccc(CNC)cc1Cl. The van der Waals surface area contributed by atoms with E-state index in [1.807, 2.05) is 25.2 Å². The van der Waals surface area contributed by atoms with Gasteiger partial charge in [-0.15, -0.1) is 12.3 Å². The van der Waals surface area contributed by atoms with E-state index in [1.165, 1.54) is 0 Å². The normalized spacial score (nSPS) is 9.81. The molecular weight excluding hydrogens is 222 g/mol. The van der Waals surface area contributed by atoms with Crippen LogP contribution in [0.4, 0.5) is 0 Å². The second kappa shape index (κ2) is 7.16. The van der Waals surface area contributed by atoms with Gasteiger partial charge in [-0.25, -0.2) is 0 Å². The summed E-state index contributed by atoms with van der Waals surface area (Å²) in [6.07, 6.45) is 6.74. The molecule has 3 heteroatoms. The van der Waals surface area contributed by atoms with Crippen molar-refractivity contribution in [1.82, 2.24) is 5.32 Å². The fourth-order valence-corrected chi connectivity index (χ4v) is 1.59. The molecule has 2 nitrogen and oxygen atoms in total. The average Bonchev–Trinajstić information content (AvgIpc) is 2.27. The molecule has 0 aliphatic carbocycles. The minimum absolute atomic E-state index is 0.606. The van der Waals surface area contributed by atoms with E-state index in [0.717, 1.165) is 30.7 Å². The summed E-state index contributed by atoms with van der Waals surface area (Å²) in [6.45, 7) is 1.41. The van der Waals surface area contributed by atoms with Crippen LogP contribution in [-0.2, 0) is 6.54 Å². The van der Waals surface area contributed by atoms with Gasteiger partial charge in [-0.3, -0.25) is 0 Å². The Morgan fingerprint density at radius 2 is 2.31 bits per heavy atom. The molecule has 0 aliphatic heterocycles. The van der Waals surface area contributed by atoms with Crippen LogP contribution >= 0.6 is 11.6 Å². The Hall–Kier alpha value is -1.17. The number of ether oxygens (including phenoxy) is 1. The van der Waals surface area contributed by atoms with Gasteiger partial charge in [-0.1, -0.05) is 17.7 Å². The summed E-state index contributed by atoms with van der Waals surface area (Å²) in [5.74, 6) is 3.29. The molecule has 0 aliphatic rings. The summed E-state index contributed by atoms with van der Waals surface area (Å²) in [4.78, 5) is 0. The molecule has 16 heavy (non-hydrogen) atoms. The first kappa shape index (κ1) is 12.9. The number of halogens is 1. The van der Waals surface area contributed by atoms with Crippen LogP contribution in [0.25, 0.3) is 0 Å². The van der Waals surface area contributed by atoms with E-state index in [4.69, 9.17) is 22.8 Å². The lowest BCUT2D eigenvalue weighted by atomic mass is 10.2. The van der Waals surface area contributed by atoms with Crippen LogP contribution < -0.4 is 10.1 Å². The molecule has 1 aromatic rings. The number of nitrogens with one attached hydrogen (secondary N) is 1. The van der Waals surface area contributed by atoms with Gasteiger partial charge in [0.05, 0.1) is 11.6 Å². The number of rotatable bonds is 6. The summed E-state index contributed by atoms with van der Waals surface area (Å²) in [7, 11) is 1.90. The van der Waals surface area contributed by atoms with E-state index in [1.54, 1.807) is 0 Å². The van der Waals surface area contributed by atoms with Gasteiger partial charge in [0.25, 0.3) is 0 Å². The molecule has 1 rings (SSSR count). The van der Waals surface area contributed by atoms with Crippen LogP contribution in [0.3, 0.4) is 0 Å². The summed E-state index contributed by atoms with van der Waals surface area (Å²) in [6, 6.07) is 5.80. The van der Waals surface area contributed by atoms with Gasteiger partial charge < -0.3 is 10.1 Å². The van der Waals surface area contributed by atoms with E-state index in [0.29, 0.717) is 11.6 Å². The molecular formula is C13H16ClNO. The Bertz CT molecular complexity index is 371. The number of unbranched alkanes of at least 4 members (excludes halogenated alkanes) is 1. The fourth-order valence-electron chi connectivity index (χ4n) is 1.33. The van der Waals surface area contributed by atoms with Gasteiger partial charge in [0.2, 0.25) is 0 Å². The van der Waals surface area contributed by atoms with Gasteiger partial charge in [0.1, 0.15) is 5.75 Å². The van der Waals surface area contributed by atoms with Crippen molar-refractivity contribution in [2.45, 2.75) is 19.4 Å². The first-order valence-electron chi connectivity index (χ1n) is 5.27. The van der Waals surface area contributed by atoms with Crippen molar-refractivity contribution in [3.05, 3.63) is 28.8 Å². The molecule has 0 amide bonds. The smallest absolute Gasteiger partial charge is 0.137 e. The Morgan fingerprint density at radius 3 is 2.94 bits per heavy atom. The summed E-state index contributed by atoms with van der Waals surface area (Å²) in [5.41, 5.74) is 1.14. The zero-order valence-corrected chi connectivity index (χ0v) is 10.2. The minimum Gasteiger partial charge on any atom is -0.492 e. The van der Waals surface area contributed by atoms with Gasteiger partial charge in [0, 0.05) is 13.0 Å². The van der Waals surface area contributed by atoms with E-state index >= 15 is 0 Å². The molecule has 0 fully saturated rings. The molecule has 0 saturated heterocycles. The number of terminal acetylenes is 1. The van der Waals surface area contributed by atoms with Crippen LogP contribution in [0.1, 0.15) is 18.4 Å². The van der Waals surface area contributed by atoms with Gasteiger partial charge in [0.15, 0.2) is 0 Å². The zero-order chi connectivity index (χ0) is 11.8. The Balaban J connectivity index is 2.51. The first-order chi connectivity index (χ1) is 7.77. The maximum Gasteiger partial charge on any atom is 0.137 e. The van der Waals surface area contributed by atoms with Gasteiger partial charge in [-0.05, 0) is 31.2 Å². The van der Waals surface area contributed by atoms with Crippen molar-refractivity contribution in [2.24, 2.45) is 0 Å². The van der Waals surface area contributed by atoms with Crippen molar-refractivity contribution in [2.75, 3.05) is 13.7 Å². The molecule has 0 saturated carbocycles. The van der Waals surface area contributed by atoms with Crippen molar-refractivity contribution in [3.63, 3.8) is 0 Å². The van der Waals surface area contributed by atoms with Crippen LogP contribution in [0.5, 0.6) is 5.75 Å². The van der Waals surface area contributed by atoms with E-state index in [2.05, 4.69) is 11.2 Å². The summed E-state index contributed by atoms with van der Waals surface area (Å²) in [5, 5.41) is 3.72. The van der Waals surface area contributed by atoms with Crippen molar-refractivity contribution >= 4 is 11.6 Å². The maximum atomic E-state index is 6.08. The lowest BCUT2D eigenvalue weighted by molar-refractivity contribution is 0.313. The predicted octanol–water partition coefficient (Wildman–Crippen LogP) is 2.85. The van der Waals surface area contributed by atoms with Crippen LogP contribution in [0.2, 0.25) is 5.02 Å². The molecule has 0 aromatic heterocycles. The lowest BCUT2D eigenvalue weighted by Gasteiger charge is -2.08. The van der Waals surface area contributed by atoms with E-state index in [9.17, 15) is 0 Å². The van der Waals surface area contributed by atoms with E-state index < -0.39 is 0 Å². The third-order valence-corrected chi connectivity index (χ3v) is 2.40. The standard InChI is InChI=1S/C13H16ClNO/c1-3-4-5-8-16-13-7-6-11(10-15-2)9-12(13)14/h1,6-7,9,15H,4-5,8,10H2,2H3. The second-order valence-corrected chi connectivity index (χ2v) is 3.86. The third kappa shape index (κ3) is 4.14. The van der Waals surface area contributed by atoms with Crippen LogP contribution in [-0.4, -0.2) is 13.7 Å². The predicted molar refractivity (Wildman–Crippen MR) is 67.8 cm³/mol.